The fraction of sp³-hybridized carbons (Fsp3) is 0.368. The molecule has 2 aromatic carbocycles. The Morgan fingerprint density at radius 1 is 0.957 bits per heavy atom. The molecule has 0 saturated carbocycles. The van der Waals surface area contributed by atoms with Gasteiger partial charge in [0.05, 0.1) is 11.5 Å². The molecule has 3 rings (SSSR count). The van der Waals surface area contributed by atoms with Crippen LogP contribution in [0, 0.1) is 6.92 Å². The molecule has 1 heterocycles. The zero-order chi connectivity index (χ0) is 16.3. The van der Waals surface area contributed by atoms with Crippen LogP contribution in [0.5, 0.6) is 0 Å². The zero-order valence-corrected chi connectivity index (χ0v) is 14.3. The predicted octanol–water partition coefficient (Wildman–Crippen LogP) is 3.18. The van der Waals surface area contributed by atoms with Gasteiger partial charge in [0.2, 0.25) is 0 Å². The topological polar surface area (TPSA) is 37.4 Å². The minimum Gasteiger partial charge on any atom is -0.291 e. The van der Waals surface area contributed by atoms with E-state index in [-0.39, 0.29) is 11.8 Å². The summed E-state index contributed by atoms with van der Waals surface area (Å²) >= 11 is 0. The second-order valence-corrected chi connectivity index (χ2v) is 8.66. The number of hydrogen-bond donors (Lipinski definition) is 0. The van der Waals surface area contributed by atoms with Crippen LogP contribution < -0.4 is 0 Å². The molecular weight excluding hydrogens is 306 g/mol. The van der Waals surface area contributed by atoms with Gasteiger partial charge in [0.15, 0.2) is 9.84 Å². The molecule has 0 N–H and O–H groups in total. The van der Waals surface area contributed by atoms with Crippen molar-refractivity contribution >= 4 is 9.84 Å². The molecule has 0 spiro atoms. The molecule has 1 aliphatic rings. The summed E-state index contributed by atoms with van der Waals surface area (Å²) in [5.41, 5.74) is 3.70. The first kappa shape index (κ1) is 16.2. The van der Waals surface area contributed by atoms with E-state index in [0.29, 0.717) is 5.75 Å². The lowest BCUT2D eigenvalue weighted by molar-refractivity contribution is 0.194. The summed E-state index contributed by atoms with van der Waals surface area (Å²) in [6, 6.07) is 18.9. The van der Waals surface area contributed by atoms with E-state index in [9.17, 15) is 8.42 Å². The summed E-state index contributed by atoms with van der Waals surface area (Å²) in [4.78, 5) is 2.31. The first-order valence-electron chi connectivity index (χ1n) is 8.06. The smallest absolute Gasteiger partial charge is 0.151 e. The second kappa shape index (κ2) is 6.85. The Hall–Kier alpha value is -1.65. The molecule has 3 nitrogen and oxygen atoms in total. The minimum atomic E-state index is -2.87. The average Bonchev–Trinajstić information content (AvgIpc) is 2.90. The quantitative estimate of drug-likeness (QED) is 0.845. The van der Waals surface area contributed by atoms with Crippen molar-refractivity contribution in [3.63, 3.8) is 0 Å². The molecule has 0 amide bonds. The van der Waals surface area contributed by atoms with Gasteiger partial charge in [-0.25, -0.2) is 8.42 Å². The van der Waals surface area contributed by atoms with E-state index in [4.69, 9.17) is 0 Å². The first-order valence-corrected chi connectivity index (χ1v) is 9.88. The van der Waals surface area contributed by atoms with Gasteiger partial charge in [-0.05, 0) is 24.5 Å². The Morgan fingerprint density at radius 2 is 1.57 bits per heavy atom. The summed E-state index contributed by atoms with van der Waals surface area (Å²) in [6.45, 7) is 3.65. The first-order chi connectivity index (χ1) is 11.0. The van der Waals surface area contributed by atoms with E-state index >= 15 is 0 Å². The Bertz CT molecular complexity index is 739. The van der Waals surface area contributed by atoms with Crippen molar-refractivity contribution in [2.24, 2.45) is 0 Å². The Labute approximate surface area is 138 Å². The number of rotatable bonds is 5. The molecule has 1 atom stereocenters. The largest absolute Gasteiger partial charge is 0.291 e. The van der Waals surface area contributed by atoms with Crippen LogP contribution in [0.25, 0.3) is 0 Å². The Balaban J connectivity index is 1.79. The molecule has 1 aliphatic heterocycles. The van der Waals surface area contributed by atoms with Crippen molar-refractivity contribution in [1.29, 1.82) is 0 Å². The molecule has 0 aromatic heterocycles. The van der Waals surface area contributed by atoms with Crippen LogP contribution in [0.3, 0.4) is 0 Å². The van der Waals surface area contributed by atoms with Gasteiger partial charge in [0, 0.05) is 19.1 Å². The molecular formula is C19H23NO2S. The molecule has 1 saturated heterocycles. The highest BCUT2D eigenvalue weighted by molar-refractivity contribution is 7.91. The standard InChI is InChI=1S/C19H23NO2S/c1-16-7-9-18(10-8-16)14-20(13-17-5-3-2-4-6-17)19-11-12-23(21,22)15-19/h2-10,19H,11-15H2,1H3/t19-/m1/s1. The maximum Gasteiger partial charge on any atom is 0.151 e. The Morgan fingerprint density at radius 3 is 2.13 bits per heavy atom. The highest BCUT2D eigenvalue weighted by Crippen LogP contribution is 2.22. The van der Waals surface area contributed by atoms with Gasteiger partial charge in [0.1, 0.15) is 0 Å². The predicted molar refractivity (Wildman–Crippen MR) is 93.9 cm³/mol. The summed E-state index contributed by atoms with van der Waals surface area (Å²) < 4.78 is 23.7. The van der Waals surface area contributed by atoms with Gasteiger partial charge < -0.3 is 0 Å². The maximum absolute atomic E-state index is 11.9. The zero-order valence-electron chi connectivity index (χ0n) is 13.5. The summed E-state index contributed by atoms with van der Waals surface area (Å²) in [6.07, 6.45) is 0.737. The van der Waals surface area contributed by atoms with Crippen molar-refractivity contribution in [3.05, 3.63) is 71.3 Å². The van der Waals surface area contributed by atoms with Crippen molar-refractivity contribution in [2.75, 3.05) is 11.5 Å². The van der Waals surface area contributed by atoms with Gasteiger partial charge in [0.25, 0.3) is 0 Å². The van der Waals surface area contributed by atoms with E-state index in [1.807, 2.05) is 18.2 Å². The Kier molecular flexibility index (Phi) is 4.83. The van der Waals surface area contributed by atoms with Gasteiger partial charge >= 0.3 is 0 Å². The third-order valence-electron chi connectivity index (χ3n) is 4.46. The third-order valence-corrected chi connectivity index (χ3v) is 6.21. The monoisotopic (exact) mass is 329 g/mol. The van der Waals surface area contributed by atoms with Crippen molar-refractivity contribution in [3.8, 4) is 0 Å². The lowest BCUT2D eigenvalue weighted by atomic mass is 10.1. The van der Waals surface area contributed by atoms with E-state index in [1.54, 1.807) is 0 Å². The fourth-order valence-corrected chi connectivity index (χ4v) is 4.88. The highest BCUT2D eigenvalue weighted by Gasteiger charge is 2.32. The van der Waals surface area contributed by atoms with Crippen molar-refractivity contribution < 1.29 is 8.42 Å². The molecule has 0 bridgehead atoms. The lowest BCUT2D eigenvalue weighted by Crippen LogP contribution is -2.35. The van der Waals surface area contributed by atoms with E-state index < -0.39 is 9.84 Å². The van der Waals surface area contributed by atoms with Crippen LogP contribution in [-0.2, 0) is 22.9 Å². The molecule has 0 radical (unpaired) electrons. The second-order valence-electron chi connectivity index (χ2n) is 6.43. The van der Waals surface area contributed by atoms with Crippen LogP contribution in [0.4, 0.5) is 0 Å². The van der Waals surface area contributed by atoms with Gasteiger partial charge in [-0.1, -0.05) is 60.2 Å². The normalized spacial score (nSPS) is 20.0. The van der Waals surface area contributed by atoms with Gasteiger partial charge in [-0.3, -0.25) is 4.90 Å². The molecule has 0 aliphatic carbocycles. The molecule has 4 heteroatoms. The number of sulfone groups is 1. The summed E-state index contributed by atoms with van der Waals surface area (Å²) in [5, 5.41) is 0. The summed E-state index contributed by atoms with van der Waals surface area (Å²) in [7, 11) is -2.87. The molecule has 23 heavy (non-hydrogen) atoms. The maximum atomic E-state index is 11.9. The number of aryl methyl sites for hydroxylation is 1. The fourth-order valence-electron chi connectivity index (χ4n) is 3.12. The van der Waals surface area contributed by atoms with Crippen LogP contribution in [0.1, 0.15) is 23.1 Å². The minimum absolute atomic E-state index is 0.113. The van der Waals surface area contributed by atoms with Crippen LogP contribution >= 0.6 is 0 Å². The molecule has 2 aromatic rings. The molecule has 122 valence electrons. The molecule has 0 unspecified atom stereocenters. The SMILES string of the molecule is Cc1ccc(CN(Cc2ccccc2)[C@@H]2CCS(=O)(=O)C2)cc1. The van der Waals surface area contributed by atoms with Gasteiger partial charge in [-0.15, -0.1) is 0 Å². The van der Waals surface area contributed by atoms with Crippen molar-refractivity contribution in [1.82, 2.24) is 4.90 Å². The van der Waals surface area contributed by atoms with Gasteiger partial charge in [-0.2, -0.15) is 0 Å². The number of nitrogens with zero attached hydrogens (tertiary/aromatic N) is 1. The summed E-state index contributed by atoms with van der Waals surface area (Å²) in [5.74, 6) is 0.600. The lowest BCUT2D eigenvalue weighted by Gasteiger charge is -2.28. The molecule has 1 fully saturated rings. The van der Waals surface area contributed by atoms with E-state index in [1.165, 1.54) is 16.7 Å². The third kappa shape index (κ3) is 4.43. The highest BCUT2D eigenvalue weighted by atomic mass is 32.2. The van der Waals surface area contributed by atoms with E-state index in [0.717, 1.165) is 19.5 Å². The van der Waals surface area contributed by atoms with Crippen LogP contribution in [0.2, 0.25) is 0 Å². The number of hydrogen-bond acceptors (Lipinski definition) is 3. The van der Waals surface area contributed by atoms with E-state index in [2.05, 4.69) is 48.2 Å². The number of benzene rings is 2. The average molecular weight is 329 g/mol. The van der Waals surface area contributed by atoms with Crippen molar-refractivity contribution in [2.45, 2.75) is 32.5 Å². The van der Waals surface area contributed by atoms with Crippen LogP contribution in [-0.4, -0.2) is 30.9 Å². The van der Waals surface area contributed by atoms with Crippen LogP contribution in [0.15, 0.2) is 54.6 Å².